The number of anilines is 1. The minimum Gasteiger partial charge on any atom is -0.464 e. The summed E-state index contributed by atoms with van der Waals surface area (Å²) in [4.78, 5) is 34.9. The van der Waals surface area contributed by atoms with E-state index in [1.165, 1.54) is 29.8 Å². The van der Waals surface area contributed by atoms with Crippen LogP contribution in [-0.2, 0) is 4.74 Å². The fraction of sp³-hybridized carbons (Fsp3) is 0.100. The first-order valence-electron chi connectivity index (χ1n) is 8.63. The third-order valence-corrected chi connectivity index (χ3v) is 6.27. The van der Waals surface area contributed by atoms with Gasteiger partial charge in [0.1, 0.15) is 4.88 Å². The highest BCUT2D eigenvalue weighted by Gasteiger charge is 2.23. The first kappa shape index (κ1) is 19.0. The van der Waals surface area contributed by atoms with Crippen molar-refractivity contribution in [1.29, 1.82) is 0 Å². The summed E-state index contributed by atoms with van der Waals surface area (Å²) >= 11 is 2.51. The summed E-state index contributed by atoms with van der Waals surface area (Å²) in [6.07, 6.45) is 3.74. The second-order valence-electron chi connectivity index (χ2n) is 6.01. The molecule has 0 aliphatic rings. The van der Waals surface area contributed by atoms with E-state index in [1.807, 2.05) is 59.4 Å². The quantitative estimate of drug-likeness (QED) is 0.480. The van der Waals surface area contributed by atoms with Crippen LogP contribution in [-0.4, -0.2) is 33.5 Å². The van der Waals surface area contributed by atoms with E-state index in [0.29, 0.717) is 25.7 Å². The summed E-state index contributed by atoms with van der Waals surface area (Å²) in [5.74, 6) is -0.868. The lowest BCUT2D eigenvalue weighted by atomic mass is 10.1. The molecule has 0 radical (unpaired) electrons. The number of nitrogens with zero attached hydrogens (tertiary/aromatic N) is 3. The lowest BCUT2D eigenvalue weighted by Gasteiger charge is -1.99. The van der Waals surface area contributed by atoms with Crippen LogP contribution in [0.4, 0.5) is 5.13 Å². The number of aromatic nitrogens is 3. The van der Waals surface area contributed by atoms with E-state index in [1.54, 1.807) is 6.92 Å². The molecule has 4 aromatic rings. The molecule has 0 fully saturated rings. The molecule has 7 nitrogen and oxygen atoms in total. The van der Waals surface area contributed by atoms with Crippen molar-refractivity contribution in [3.8, 4) is 15.6 Å². The Morgan fingerprint density at radius 2 is 1.76 bits per heavy atom. The van der Waals surface area contributed by atoms with Gasteiger partial charge >= 0.3 is 5.97 Å². The number of carbonyl (C=O) groups excluding carboxylic acids is 2. The number of hydrogen-bond acceptors (Lipinski definition) is 7. The van der Waals surface area contributed by atoms with E-state index < -0.39 is 5.97 Å². The van der Waals surface area contributed by atoms with E-state index in [2.05, 4.69) is 15.3 Å². The van der Waals surface area contributed by atoms with Gasteiger partial charge in [0, 0.05) is 12.4 Å². The van der Waals surface area contributed by atoms with Crippen LogP contribution in [0, 0.1) is 6.92 Å². The summed E-state index contributed by atoms with van der Waals surface area (Å²) in [5.41, 5.74) is 1.63. The normalized spacial score (nSPS) is 10.7. The van der Waals surface area contributed by atoms with Crippen LogP contribution in [0.2, 0.25) is 0 Å². The van der Waals surface area contributed by atoms with Crippen LogP contribution < -0.4 is 5.32 Å². The molecule has 0 atom stereocenters. The van der Waals surface area contributed by atoms with Crippen LogP contribution >= 0.6 is 22.7 Å². The van der Waals surface area contributed by atoms with Crippen molar-refractivity contribution in [3.63, 3.8) is 0 Å². The highest BCUT2D eigenvalue weighted by Crippen LogP contribution is 2.34. The van der Waals surface area contributed by atoms with Crippen molar-refractivity contribution >= 4 is 39.7 Å². The number of amides is 1. The zero-order chi connectivity index (χ0) is 20.4. The molecule has 146 valence electrons. The maximum atomic E-state index is 12.8. The van der Waals surface area contributed by atoms with Gasteiger partial charge in [-0.15, -0.1) is 0 Å². The molecule has 0 bridgehead atoms. The van der Waals surface area contributed by atoms with E-state index in [0.717, 1.165) is 5.56 Å². The smallest absolute Gasteiger partial charge is 0.358 e. The third kappa shape index (κ3) is 3.82. The highest BCUT2D eigenvalue weighted by atomic mass is 32.1. The van der Waals surface area contributed by atoms with Crippen LogP contribution in [0.15, 0.2) is 54.9 Å². The van der Waals surface area contributed by atoms with Gasteiger partial charge in [-0.25, -0.2) is 14.8 Å². The largest absolute Gasteiger partial charge is 0.464 e. The van der Waals surface area contributed by atoms with Crippen molar-refractivity contribution in [2.45, 2.75) is 6.92 Å². The summed E-state index contributed by atoms with van der Waals surface area (Å²) in [5, 5.41) is 3.82. The maximum Gasteiger partial charge on any atom is 0.358 e. The Hall–Kier alpha value is -3.30. The second kappa shape index (κ2) is 7.98. The van der Waals surface area contributed by atoms with Crippen LogP contribution in [0.25, 0.3) is 15.6 Å². The van der Waals surface area contributed by atoms with Crippen molar-refractivity contribution in [2.24, 2.45) is 0 Å². The van der Waals surface area contributed by atoms with E-state index >= 15 is 0 Å². The van der Waals surface area contributed by atoms with Gasteiger partial charge in [-0.3, -0.25) is 10.1 Å². The molecule has 0 spiro atoms. The monoisotopic (exact) mass is 424 g/mol. The lowest BCUT2D eigenvalue weighted by molar-refractivity contribution is 0.0595. The SMILES string of the molecule is COC(=O)c1nc(NC(=O)c2sc(-n3cccc3)nc2C)sc1-c1ccccc1. The summed E-state index contributed by atoms with van der Waals surface area (Å²) < 4.78 is 6.69. The van der Waals surface area contributed by atoms with Gasteiger partial charge in [-0.2, -0.15) is 0 Å². The van der Waals surface area contributed by atoms with Crippen molar-refractivity contribution in [1.82, 2.24) is 14.5 Å². The van der Waals surface area contributed by atoms with Crippen molar-refractivity contribution < 1.29 is 14.3 Å². The fourth-order valence-corrected chi connectivity index (χ4v) is 4.60. The van der Waals surface area contributed by atoms with Crippen molar-refractivity contribution in [2.75, 3.05) is 12.4 Å². The maximum absolute atomic E-state index is 12.8. The van der Waals surface area contributed by atoms with Gasteiger partial charge < -0.3 is 9.30 Å². The number of thiazole rings is 2. The molecule has 4 rings (SSSR count). The van der Waals surface area contributed by atoms with Gasteiger partial charge in [0.2, 0.25) is 0 Å². The van der Waals surface area contributed by atoms with E-state index in [-0.39, 0.29) is 11.6 Å². The minimum absolute atomic E-state index is 0.174. The molecule has 0 unspecified atom stereocenters. The average molecular weight is 425 g/mol. The van der Waals surface area contributed by atoms with Gasteiger partial charge in [0.25, 0.3) is 5.91 Å². The van der Waals surface area contributed by atoms with Gasteiger partial charge in [0.15, 0.2) is 16.0 Å². The van der Waals surface area contributed by atoms with Crippen LogP contribution in [0.5, 0.6) is 0 Å². The molecule has 0 saturated carbocycles. The zero-order valence-corrected chi connectivity index (χ0v) is 17.2. The molecule has 1 amide bonds. The number of benzene rings is 1. The number of nitrogens with one attached hydrogen (secondary N) is 1. The van der Waals surface area contributed by atoms with Gasteiger partial charge in [0.05, 0.1) is 17.7 Å². The molecule has 1 aromatic carbocycles. The number of methoxy groups -OCH3 is 1. The first-order valence-corrected chi connectivity index (χ1v) is 10.3. The Morgan fingerprint density at radius 1 is 1.03 bits per heavy atom. The van der Waals surface area contributed by atoms with Crippen LogP contribution in [0.3, 0.4) is 0 Å². The van der Waals surface area contributed by atoms with Crippen molar-refractivity contribution in [3.05, 3.63) is 71.1 Å². The lowest BCUT2D eigenvalue weighted by Crippen LogP contribution is -2.12. The Balaban J connectivity index is 1.64. The summed E-state index contributed by atoms with van der Waals surface area (Å²) in [6.45, 7) is 1.79. The number of aryl methyl sites for hydroxylation is 1. The fourth-order valence-electron chi connectivity index (χ4n) is 2.71. The molecular weight excluding hydrogens is 408 g/mol. The standard InChI is InChI=1S/C20H16N4O3S2/c1-12-15(29-20(21-12)24-10-6-7-11-24)17(25)23-19-22-14(18(26)27-2)16(28-19)13-8-4-3-5-9-13/h3-11H,1-2H3,(H,22,23,25). The molecular formula is C20H16N4O3S2. The molecule has 0 saturated heterocycles. The Morgan fingerprint density at radius 3 is 2.45 bits per heavy atom. The number of esters is 1. The molecule has 3 heterocycles. The predicted octanol–water partition coefficient (Wildman–Crippen LogP) is 4.40. The topological polar surface area (TPSA) is 86.1 Å². The van der Waals surface area contributed by atoms with Gasteiger partial charge in [-0.1, -0.05) is 53.0 Å². The van der Waals surface area contributed by atoms with E-state index in [4.69, 9.17) is 4.74 Å². The zero-order valence-electron chi connectivity index (χ0n) is 15.6. The molecule has 29 heavy (non-hydrogen) atoms. The Labute approximate surface area is 174 Å². The number of hydrogen-bond donors (Lipinski definition) is 1. The predicted molar refractivity (Wildman–Crippen MR) is 113 cm³/mol. The molecule has 3 aromatic heterocycles. The summed E-state index contributed by atoms with van der Waals surface area (Å²) in [7, 11) is 1.30. The third-order valence-electron chi connectivity index (χ3n) is 4.08. The summed E-state index contributed by atoms with van der Waals surface area (Å²) in [6, 6.07) is 13.2. The second-order valence-corrected chi connectivity index (χ2v) is 7.99. The minimum atomic E-state index is -0.551. The molecule has 1 N–H and O–H groups in total. The highest BCUT2D eigenvalue weighted by molar-refractivity contribution is 7.19. The molecule has 9 heteroatoms. The Bertz CT molecular complexity index is 1160. The average Bonchev–Trinajstić information content (AvgIpc) is 3.47. The van der Waals surface area contributed by atoms with Gasteiger partial charge in [-0.05, 0) is 24.6 Å². The number of rotatable bonds is 5. The van der Waals surface area contributed by atoms with Crippen LogP contribution in [0.1, 0.15) is 25.9 Å². The first-order chi connectivity index (χ1) is 14.1. The number of ether oxygens (including phenoxy) is 1. The molecule has 0 aliphatic carbocycles. The Kier molecular flexibility index (Phi) is 5.24. The van der Waals surface area contributed by atoms with E-state index in [9.17, 15) is 9.59 Å². The number of carbonyl (C=O) groups is 2. The molecule has 0 aliphatic heterocycles.